The van der Waals surface area contributed by atoms with Gasteiger partial charge in [-0.05, 0) is 44.9 Å². The average Bonchev–Trinajstić information content (AvgIpc) is 2.74. The molecule has 0 bridgehead atoms. The number of nitrogens with zero attached hydrogens (tertiary/aromatic N) is 3. The summed E-state index contributed by atoms with van der Waals surface area (Å²) in [5.41, 5.74) is 7.55. The van der Waals surface area contributed by atoms with Gasteiger partial charge < -0.3 is 10.3 Å². The zero-order chi connectivity index (χ0) is 13.2. The lowest BCUT2D eigenvalue weighted by Crippen LogP contribution is -2.32. The first kappa shape index (κ1) is 12.7. The topological polar surface area (TPSA) is 77.8 Å². The molecule has 0 saturated carbocycles. The van der Waals surface area contributed by atoms with Crippen LogP contribution < -0.4 is 5.73 Å². The van der Waals surface area contributed by atoms with E-state index in [1.54, 1.807) is 6.20 Å². The van der Waals surface area contributed by atoms with Crippen molar-refractivity contribution in [2.45, 2.75) is 39.2 Å². The Morgan fingerprint density at radius 1 is 1.39 bits per heavy atom. The summed E-state index contributed by atoms with van der Waals surface area (Å²) in [6.07, 6.45) is 3.22. The van der Waals surface area contributed by atoms with Gasteiger partial charge in [-0.15, -0.1) is 0 Å². The van der Waals surface area contributed by atoms with Crippen molar-refractivity contribution in [1.29, 1.82) is 0 Å². The monoisotopic (exact) mass is 246 g/mol. The Morgan fingerprint density at radius 2 is 2.17 bits per heavy atom. The second kappa shape index (κ2) is 4.86. The van der Waals surface area contributed by atoms with E-state index in [1.165, 1.54) is 0 Å². The van der Waals surface area contributed by atoms with Crippen molar-refractivity contribution in [3.63, 3.8) is 0 Å². The van der Waals surface area contributed by atoms with E-state index < -0.39 is 0 Å². The van der Waals surface area contributed by atoms with E-state index in [0.717, 1.165) is 17.7 Å². The Morgan fingerprint density at radius 3 is 2.83 bits per heavy atom. The highest BCUT2D eigenvalue weighted by Crippen LogP contribution is 2.16. The first-order valence-corrected chi connectivity index (χ1v) is 5.98. The summed E-state index contributed by atoms with van der Waals surface area (Å²) in [5, 5.41) is 3.94. The van der Waals surface area contributed by atoms with Gasteiger partial charge in [0.15, 0.2) is 0 Å². The van der Waals surface area contributed by atoms with Gasteiger partial charge in [0.05, 0.1) is 0 Å². The Hall–Kier alpha value is -1.75. The van der Waals surface area contributed by atoms with E-state index in [2.05, 4.69) is 15.1 Å². The zero-order valence-electron chi connectivity index (χ0n) is 11.0. The maximum Gasteiger partial charge on any atom is 0.227 e. The molecule has 0 amide bonds. The summed E-state index contributed by atoms with van der Waals surface area (Å²) >= 11 is 0. The van der Waals surface area contributed by atoms with Gasteiger partial charge >= 0.3 is 0 Å². The number of pyridine rings is 1. The standard InChI is InChI=1S/C13H18N4O/c1-9-5-7-15-10(8-9)12-16-11(18-17-12)4-6-13(2,3)14/h5,7-8H,4,6,14H2,1-3H3. The molecule has 0 aliphatic heterocycles. The fourth-order valence-electron chi connectivity index (χ4n) is 1.55. The van der Waals surface area contributed by atoms with E-state index in [0.29, 0.717) is 18.1 Å². The van der Waals surface area contributed by atoms with Crippen LogP contribution in [0.1, 0.15) is 31.7 Å². The molecule has 2 rings (SSSR count). The van der Waals surface area contributed by atoms with E-state index in [-0.39, 0.29) is 5.54 Å². The van der Waals surface area contributed by atoms with Crippen LogP contribution in [0.2, 0.25) is 0 Å². The van der Waals surface area contributed by atoms with Crippen LogP contribution in [0.4, 0.5) is 0 Å². The van der Waals surface area contributed by atoms with Crippen molar-refractivity contribution in [3.8, 4) is 11.5 Å². The molecule has 0 aliphatic carbocycles. The van der Waals surface area contributed by atoms with Gasteiger partial charge in [-0.3, -0.25) is 4.98 Å². The van der Waals surface area contributed by atoms with Gasteiger partial charge in [0.25, 0.3) is 0 Å². The number of rotatable bonds is 4. The molecule has 2 N–H and O–H groups in total. The number of aryl methyl sites for hydroxylation is 2. The molecule has 5 heteroatoms. The Kier molecular flexibility index (Phi) is 3.43. The quantitative estimate of drug-likeness (QED) is 0.893. The number of nitrogens with two attached hydrogens (primary N) is 1. The van der Waals surface area contributed by atoms with Crippen LogP contribution >= 0.6 is 0 Å². The molecule has 0 aliphatic rings. The lowest BCUT2D eigenvalue weighted by molar-refractivity contribution is 0.358. The highest BCUT2D eigenvalue weighted by molar-refractivity contribution is 5.48. The first-order chi connectivity index (χ1) is 8.44. The summed E-state index contributed by atoms with van der Waals surface area (Å²) in [4.78, 5) is 8.55. The molecule has 0 atom stereocenters. The van der Waals surface area contributed by atoms with Crippen LogP contribution in [0, 0.1) is 6.92 Å². The van der Waals surface area contributed by atoms with Crippen molar-refractivity contribution in [3.05, 3.63) is 29.8 Å². The molecule has 5 nitrogen and oxygen atoms in total. The van der Waals surface area contributed by atoms with Crippen molar-refractivity contribution >= 4 is 0 Å². The summed E-state index contributed by atoms with van der Waals surface area (Å²) < 4.78 is 5.20. The molecule has 2 heterocycles. The minimum atomic E-state index is -0.226. The van der Waals surface area contributed by atoms with Crippen molar-refractivity contribution < 1.29 is 4.52 Å². The molecule has 0 aromatic carbocycles. The van der Waals surface area contributed by atoms with Crippen LogP contribution in [-0.2, 0) is 6.42 Å². The van der Waals surface area contributed by atoms with Gasteiger partial charge in [-0.25, -0.2) is 0 Å². The van der Waals surface area contributed by atoms with Crippen LogP contribution in [0.15, 0.2) is 22.9 Å². The number of hydrogen-bond acceptors (Lipinski definition) is 5. The maximum absolute atomic E-state index is 5.92. The maximum atomic E-state index is 5.92. The Bertz CT molecular complexity index is 528. The SMILES string of the molecule is Cc1ccnc(-c2noc(CCC(C)(C)N)n2)c1. The minimum absolute atomic E-state index is 0.226. The minimum Gasteiger partial charge on any atom is -0.339 e. The average molecular weight is 246 g/mol. The van der Waals surface area contributed by atoms with Gasteiger partial charge in [-0.1, -0.05) is 5.16 Å². The van der Waals surface area contributed by atoms with E-state index in [9.17, 15) is 0 Å². The summed E-state index contributed by atoms with van der Waals surface area (Å²) in [6, 6.07) is 3.86. The third-order valence-corrected chi connectivity index (χ3v) is 2.60. The van der Waals surface area contributed by atoms with Crippen molar-refractivity contribution in [1.82, 2.24) is 15.1 Å². The predicted molar refractivity (Wildman–Crippen MR) is 68.9 cm³/mol. The second-order valence-electron chi connectivity index (χ2n) is 5.22. The lowest BCUT2D eigenvalue weighted by Gasteiger charge is -2.16. The van der Waals surface area contributed by atoms with Gasteiger partial charge in [0.1, 0.15) is 5.69 Å². The molecule has 0 unspecified atom stereocenters. The van der Waals surface area contributed by atoms with Crippen molar-refractivity contribution in [2.75, 3.05) is 0 Å². The lowest BCUT2D eigenvalue weighted by atomic mass is 10.0. The molecule has 0 spiro atoms. The highest BCUT2D eigenvalue weighted by Gasteiger charge is 2.15. The van der Waals surface area contributed by atoms with Gasteiger partial charge in [0, 0.05) is 18.2 Å². The van der Waals surface area contributed by atoms with E-state index in [1.807, 2.05) is 32.9 Å². The summed E-state index contributed by atoms with van der Waals surface area (Å²) in [6.45, 7) is 5.96. The molecule has 0 radical (unpaired) electrons. The second-order valence-corrected chi connectivity index (χ2v) is 5.22. The molecule has 0 saturated heterocycles. The van der Waals surface area contributed by atoms with E-state index >= 15 is 0 Å². The van der Waals surface area contributed by atoms with Crippen molar-refractivity contribution in [2.24, 2.45) is 5.73 Å². The smallest absolute Gasteiger partial charge is 0.227 e. The molecule has 18 heavy (non-hydrogen) atoms. The molecule has 2 aromatic heterocycles. The summed E-state index contributed by atoms with van der Waals surface area (Å²) in [7, 11) is 0. The third kappa shape index (κ3) is 3.37. The molecule has 0 fully saturated rings. The predicted octanol–water partition coefficient (Wildman–Crippen LogP) is 2.11. The normalized spacial score (nSPS) is 11.8. The van der Waals surface area contributed by atoms with Crippen LogP contribution in [0.25, 0.3) is 11.5 Å². The molecule has 96 valence electrons. The molecule has 2 aromatic rings. The van der Waals surface area contributed by atoms with Gasteiger partial charge in [0.2, 0.25) is 11.7 Å². The Labute approximate surface area is 106 Å². The Balaban J connectivity index is 2.11. The van der Waals surface area contributed by atoms with E-state index in [4.69, 9.17) is 10.3 Å². The van der Waals surface area contributed by atoms with Crippen LogP contribution in [-0.4, -0.2) is 20.7 Å². The number of hydrogen-bond donors (Lipinski definition) is 1. The third-order valence-electron chi connectivity index (χ3n) is 2.60. The summed E-state index contributed by atoms with van der Waals surface area (Å²) in [5.74, 6) is 1.13. The fourth-order valence-corrected chi connectivity index (χ4v) is 1.55. The van der Waals surface area contributed by atoms with Gasteiger partial charge in [-0.2, -0.15) is 4.98 Å². The zero-order valence-corrected chi connectivity index (χ0v) is 11.0. The first-order valence-electron chi connectivity index (χ1n) is 5.98. The largest absolute Gasteiger partial charge is 0.339 e. The molecular weight excluding hydrogens is 228 g/mol. The number of aromatic nitrogens is 3. The molecular formula is C13H18N4O. The fraction of sp³-hybridized carbons (Fsp3) is 0.462. The highest BCUT2D eigenvalue weighted by atomic mass is 16.5. The van der Waals surface area contributed by atoms with Crippen LogP contribution in [0.5, 0.6) is 0 Å². The van der Waals surface area contributed by atoms with Crippen LogP contribution in [0.3, 0.4) is 0 Å².